The smallest absolute Gasteiger partial charge is 0.250 e. The molecule has 0 saturated heterocycles. The standard InChI is InChI=1S/C20H15N3O2S2/c24-17-10-9-13-5-1-2-6-14(13)15(17)11-21-23-19(25)12-26-20-22-16-7-3-4-8-18(16)27-20/h1-11,24H,12H2,(H,23,25)/b21-11+. The number of hydrazone groups is 1. The van der Waals surface area contributed by atoms with E-state index in [2.05, 4.69) is 15.5 Å². The molecule has 0 aliphatic rings. The summed E-state index contributed by atoms with van der Waals surface area (Å²) in [4.78, 5) is 16.5. The van der Waals surface area contributed by atoms with Gasteiger partial charge in [-0.2, -0.15) is 5.10 Å². The summed E-state index contributed by atoms with van der Waals surface area (Å²) in [6, 6.07) is 19.0. The minimum absolute atomic E-state index is 0.121. The van der Waals surface area contributed by atoms with E-state index in [0.29, 0.717) is 5.56 Å². The highest BCUT2D eigenvalue weighted by Gasteiger charge is 2.08. The van der Waals surface area contributed by atoms with E-state index in [1.54, 1.807) is 17.4 Å². The van der Waals surface area contributed by atoms with Crippen LogP contribution in [0.5, 0.6) is 5.75 Å². The quantitative estimate of drug-likeness (QED) is 0.299. The van der Waals surface area contributed by atoms with Crippen molar-refractivity contribution in [1.82, 2.24) is 10.4 Å². The predicted octanol–water partition coefficient (Wildman–Crippen LogP) is 4.40. The molecule has 0 saturated carbocycles. The molecule has 1 aromatic heterocycles. The molecule has 4 rings (SSSR count). The van der Waals surface area contributed by atoms with Crippen molar-refractivity contribution in [2.45, 2.75) is 4.34 Å². The van der Waals surface area contributed by atoms with Crippen molar-refractivity contribution in [2.24, 2.45) is 5.10 Å². The number of thioether (sulfide) groups is 1. The Kier molecular flexibility index (Phi) is 5.04. The van der Waals surface area contributed by atoms with E-state index >= 15 is 0 Å². The summed E-state index contributed by atoms with van der Waals surface area (Å²) in [5, 5.41) is 15.9. The first-order chi connectivity index (χ1) is 13.2. The number of phenols is 1. The van der Waals surface area contributed by atoms with Gasteiger partial charge in [-0.05, 0) is 29.0 Å². The number of rotatable bonds is 5. The van der Waals surface area contributed by atoms with Crippen molar-refractivity contribution in [3.8, 4) is 5.75 Å². The zero-order valence-electron chi connectivity index (χ0n) is 14.1. The van der Waals surface area contributed by atoms with Crippen LogP contribution in [0.3, 0.4) is 0 Å². The number of amides is 1. The summed E-state index contributed by atoms with van der Waals surface area (Å²) in [7, 11) is 0. The van der Waals surface area contributed by atoms with Gasteiger partial charge in [0, 0.05) is 5.56 Å². The van der Waals surface area contributed by atoms with Crippen molar-refractivity contribution in [3.05, 3.63) is 66.2 Å². The van der Waals surface area contributed by atoms with Gasteiger partial charge in [-0.15, -0.1) is 11.3 Å². The molecule has 5 nitrogen and oxygen atoms in total. The SMILES string of the molecule is O=C(CSc1nc2ccccc2s1)N/N=C/c1c(O)ccc2ccccc12. The first-order valence-electron chi connectivity index (χ1n) is 8.22. The lowest BCUT2D eigenvalue weighted by Crippen LogP contribution is -2.19. The van der Waals surface area contributed by atoms with E-state index < -0.39 is 0 Å². The third kappa shape index (κ3) is 3.94. The third-order valence-corrected chi connectivity index (χ3v) is 6.11. The number of para-hydroxylation sites is 1. The van der Waals surface area contributed by atoms with E-state index in [1.165, 1.54) is 18.0 Å². The van der Waals surface area contributed by atoms with E-state index in [4.69, 9.17) is 0 Å². The zero-order valence-corrected chi connectivity index (χ0v) is 15.8. The van der Waals surface area contributed by atoms with Crippen molar-refractivity contribution in [2.75, 3.05) is 5.75 Å². The van der Waals surface area contributed by atoms with Gasteiger partial charge in [0.2, 0.25) is 0 Å². The van der Waals surface area contributed by atoms with Crippen LogP contribution in [0.25, 0.3) is 21.0 Å². The molecular formula is C20H15N3O2S2. The normalized spacial score (nSPS) is 11.4. The fraction of sp³-hybridized carbons (Fsp3) is 0.0500. The van der Waals surface area contributed by atoms with Gasteiger partial charge < -0.3 is 5.11 Å². The summed E-state index contributed by atoms with van der Waals surface area (Å²) >= 11 is 2.94. The second kappa shape index (κ2) is 7.77. The maximum Gasteiger partial charge on any atom is 0.250 e. The molecule has 1 amide bonds. The minimum Gasteiger partial charge on any atom is -0.507 e. The molecular weight excluding hydrogens is 378 g/mol. The predicted molar refractivity (Wildman–Crippen MR) is 112 cm³/mol. The van der Waals surface area contributed by atoms with Gasteiger partial charge in [0.25, 0.3) is 5.91 Å². The lowest BCUT2D eigenvalue weighted by atomic mass is 10.0. The summed E-state index contributed by atoms with van der Waals surface area (Å²) < 4.78 is 1.95. The van der Waals surface area contributed by atoms with Gasteiger partial charge in [-0.3, -0.25) is 4.79 Å². The van der Waals surface area contributed by atoms with E-state index in [9.17, 15) is 9.90 Å². The Morgan fingerprint density at radius 2 is 1.96 bits per heavy atom. The van der Waals surface area contributed by atoms with Gasteiger partial charge in [0.1, 0.15) is 5.75 Å². The number of phenolic OH excluding ortho intramolecular Hbond substituents is 1. The Morgan fingerprint density at radius 1 is 1.15 bits per heavy atom. The monoisotopic (exact) mass is 393 g/mol. The fourth-order valence-corrected chi connectivity index (χ4v) is 4.52. The second-order valence-electron chi connectivity index (χ2n) is 5.75. The molecule has 0 radical (unpaired) electrons. The molecule has 0 fully saturated rings. The summed E-state index contributed by atoms with van der Waals surface area (Å²) in [5.74, 6) is 0.115. The van der Waals surface area contributed by atoms with Crippen LogP contribution in [-0.4, -0.2) is 28.0 Å². The van der Waals surface area contributed by atoms with Crippen LogP contribution < -0.4 is 5.43 Å². The van der Waals surface area contributed by atoms with Gasteiger partial charge in [-0.25, -0.2) is 10.4 Å². The number of carbonyl (C=O) groups is 1. The lowest BCUT2D eigenvalue weighted by molar-refractivity contribution is -0.118. The van der Waals surface area contributed by atoms with Crippen molar-refractivity contribution in [1.29, 1.82) is 0 Å². The average Bonchev–Trinajstić information content (AvgIpc) is 3.11. The molecule has 0 unspecified atom stereocenters. The molecule has 7 heteroatoms. The van der Waals surface area contributed by atoms with Crippen molar-refractivity contribution < 1.29 is 9.90 Å². The van der Waals surface area contributed by atoms with Gasteiger partial charge in [0.05, 0.1) is 22.2 Å². The third-order valence-electron chi connectivity index (χ3n) is 3.93. The number of carbonyl (C=O) groups excluding carboxylic acids is 1. The molecule has 1 heterocycles. The number of aromatic hydroxyl groups is 1. The summed E-state index contributed by atoms with van der Waals surface area (Å²) in [6.07, 6.45) is 1.47. The van der Waals surface area contributed by atoms with Gasteiger partial charge in [-0.1, -0.05) is 54.2 Å². The van der Waals surface area contributed by atoms with E-state index in [-0.39, 0.29) is 17.4 Å². The first-order valence-corrected chi connectivity index (χ1v) is 10.0. The number of nitrogens with one attached hydrogen (secondary N) is 1. The summed E-state index contributed by atoms with van der Waals surface area (Å²) in [5.41, 5.74) is 4.02. The van der Waals surface area contributed by atoms with Crippen LogP contribution in [0.2, 0.25) is 0 Å². The number of hydrogen-bond donors (Lipinski definition) is 2. The average molecular weight is 393 g/mol. The van der Waals surface area contributed by atoms with Crippen molar-refractivity contribution >= 4 is 56.2 Å². The minimum atomic E-state index is -0.227. The molecule has 0 aliphatic heterocycles. The molecule has 3 aromatic carbocycles. The van der Waals surface area contributed by atoms with Gasteiger partial charge in [0.15, 0.2) is 4.34 Å². The van der Waals surface area contributed by atoms with E-state index in [0.717, 1.165) is 25.3 Å². The Morgan fingerprint density at radius 3 is 2.85 bits per heavy atom. The fourth-order valence-electron chi connectivity index (χ4n) is 2.66. The van der Waals surface area contributed by atoms with E-state index in [1.807, 2.05) is 54.6 Å². The van der Waals surface area contributed by atoms with Crippen molar-refractivity contribution in [3.63, 3.8) is 0 Å². The molecule has 2 N–H and O–H groups in total. The number of thiazole rings is 1. The molecule has 0 aliphatic carbocycles. The number of nitrogens with zero attached hydrogens (tertiary/aromatic N) is 2. The largest absolute Gasteiger partial charge is 0.507 e. The molecule has 0 spiro atoms. The zero-order chi connectivity index (χ0) is 18.6. The first kappa shape index (κ1) is 17.5. The van der Waals surface area contributed by atoms with Crippen LogP contribution in [0.15, 0.2) is 70.1 Å². The Bertz CT molecular complexity index is 1120. The van der Waals surface area contributed by atoms with Crippen LogP contribution in [-0.2, 0) is 4.79 Å². The molecule has 134 valence electrons. The highest BCUT2D eigenvalue weighted by molar-refractivity contribution is 8.01. The Labute approximate surface area is 163 Å². The lowest BCUT2D eigenvalue weighted by Gasteiger charge is -2.04. The maximum absolute atomic E-state index is 12.0. The number of benzene rings is 3. The topological polar surface area (TPSA) is 74.6 Å². The highest BCUT2D eigenvalue weighted by Crippen LogP contribution is 2.29. The summed E-state index contributed by atoms with van der Waals surface area (Å²) in [6.45, 7) is 0. The van der Waals surface area contributed by atoms with Crippen LogP contribution >= 0.6 is 23.1 Å². The van der Waals surface area contributed by atoms with Crippen LogP contribution in [0, 0.1) is 0 Å². The highest BCUT2D eigenvalue weighted by atomic mass is 32.2. The molecule has 4 aromatic rings. The van der Waals surface area contributed by atoms with Gasteiger partial charge >= 0.3 is 0 Å². The number of fused-ring (bicyclic) bond motifs is 2. The molecule has 0 bridgehead atoms. The number of hydrogen-bond acceptors (Lipinski definition) is 6. The van der Waals surface area contributed by atoms with Crippen LogP contribution in [0.4, 0.5) is 0 Å². The maximum atomic E-state index is 12.0. The molecule has 27 heavy (non-hydrogen) atoms. The Hall–Kier alpha value is -2.90. The van der Waals surface area contributed by atoms with Crippen LogP contribution in [0.1, 0.15) is 5.56 Å². The second-order valence-corrected chi connectivity index (χ2v) is 8.00. The Balaban J connectivity index is 1.40. The molecule has 0 atom stereocenters. The number of aromatic nitrogens is 1.